The lowest BCUT2D eigenvalue weighted by atomic mass is 9.99. The molecule has 0 aliphatic carbocycles. The van der Waals surface area contributed by atoms with Gasteiger partial charge in [0.15, 0.2) is 0 Å². The Balaban J connectivity index is 2.47. The molecule has 2 rings (SSSR count). The van der Waals surface area contributed by atoms with Gasteiger partial charge in [-0.05, 0) is 41.5 Å². The monoisotopic (exact) mass is 327 g/mol. The molecule has 0 unspecified atom stereocenters. The van der Waals surface area contributed by atoms with Gasteiger partial charge in [-0.1, -0.05) is 54.7 Å². The fraction of sp³-hybridized carbons (Fsp3) is 0.250. The molecular formula is C16H16Cl3N. The van der Waals surface area contributed by atoms with Crippen molar-refractivity contribution in [2.45, 2.75) is 26.4 Å². The molecule has 4 heteroatoms. The van der Waals surface area contributed by atoms with Gasteiger partial charge in [-0.25, -0.2) is 0 Å². The summed E-state index contributed by atoms with van der Waals surface area (Å²) in [6.07, 6.45) is 0. The molecule has 0 fully saturated rings. The topological polar surface area (TPSA) is 12.0 Å². The molecule has 0 saturated carbocycles. The van der Waals surface area contributed by atoms with Crippen molar-refractivity contribution in [1.82, 2.24) is 5.32 Å². The van der Waals surface area contributed by atoms with Gasteiger partial charge in [0, 0.05) is 33.2 Å². The zero-order valence-electron chi connectivity index (χ0n) is 11.4. The first-order valence-electron chi connectivity index (χ1n) is 6.44. The van der Waals surface area contributed by atoms with Crippen molar-refractivity contribution < 1.29 is 0 Å². The fourth-order valence-electron chi connectivity index (χ4n) is 1.99. The van der Waals surface area contributed by atoms with E-state index in [2.05, 4.69) is 19.2 Å². The molecule has 0 aliphatic rings. The molecule has 0 saturated heterocycles. The van der Waals surface area contributed by atoms with E-state index in [1.807, 2.05) is 30.3 Å². The zero-order chi connectivity index (χ0) is 14.7. The van der Waals surface area contributed by atoms with Gasteiger partial charge in [0.05, 0.1) is 0 Å². The Morgan fingerprint density at radius 2 is 1.55 bits per heavy atom. The summed E-state index contributed by atoms with van der Waals surface area (Å²) in [5.74, 6) is 0. The molecule has 1 nitrogen and oxygen atoms in total. The van der Waals surface area contributed by atoms with Gasteiger partial charge in [0.1, 0.15) is 0 Å². The summed E-state index contributed by atoms with van der Waals surface area (Å²) in [5.41, 5.74) is 3.09. The Bertz CT molecular complexity index is 609. The van der Waals surface area contributed by atoms with Crippen molar-refractivity contribution in [2.75, 3.05) is 0 Å². The van der Waals surface area contributed by atoms with E-state index >= 15 is 0 Å². The predicted molar refractivity (Wildman–Crippen MR) is 88.9 cm³/mol. The van der Waals surface area contributed by atoms with Crippen LogP contribution in [0.25, 0.3) is 11.1 Å². The first-order chi connectivity index (χ1) is 9.47. The van der Waals surface area contributed by atoms with Crippen LogP contribution < -0.4 is 5.32 Å². The number of benzene rings is 2. The van der Waals surface area contributed by atoms with Crippen LogP contribution in [-0.2, 0) is 6.54 Å². The average Bonchev–Trinajstić information content (AvgIpc) is 2.39. The minimum absolute atomic E-state index is 0.400. The van der Waals surface area contributed by atoms with Crippen molar-refractivity contribution >= 4 is 34.8 Å². The summed E-state index contributed by atoms with van der Waals surface area (Å²) in [6, 6.07) is 11.7. The van der Waals surface area contributed by atoms with Gasteiger partial charge in [0.25, 0.3) is 0 Å². The highest BCUT2D eigenvalue weighted by molar-refractivity contribution is 6.35. The highest BCUT2D eigenvalue weighted by Gasteiger charge is 2.10. The Morgan fingerprint density at radius 3 is 2.25 bits per heavy atom. The Morgan fingerprint density at radius 1 is 0.900 bits per heavy atom. The Kier molecular flexibility index (Phi) is 5.34. The quantitative estimate of drug-likeness (QED) is 0.746. The van der Waals surface area contributed by atoms with Crippen LogP contribution in [0.3, 0.4) is 0 Å². The normalized spacial score (nSPS) is 11.1. The smallest absolute Gasteiger partial charge is 0.0485 e. The van der Waals surface area contributed by atoms with Crippen LogP contribution in [0.2, 0.25) is 15.1 Å². The standard InChI is InChI=1S/C16H16Cl3N/c1-10(2)20-9-11-7-12(17)3-5-14(11)15-8-13(18)4-6-16(15)19/h3-8,10,20H,9H2,1-2H3. The van der Waals surface area contributed by atoms with E-state index < -0.39 is 0 Å². The maximum absolute atomic E-state index is 6.29. The summed E-state index contributed by atoms with van der Waals surface area (Å²) >= 11 is 18.5. The molecule has 0 heterocycles. The number of nitrogens with one attached hydrogen (secondary N) is 1. The molecule has 0 aromatic heterocycles. The predicted octanol–water partition coefficient (Wildman–Crippen LogP) is 5.81. The highest BCUT2D eigenvalue weighted by Crippen LogP contribution is 2.34. The van der Waals surface area contributed by atoms with E-state index in [1.165, 1.54) is 0 Å². The average molecular weight is 329 g/mol. The second kappa shape index (κ2) is 6.82. The van der Waals surface area contributed by atoms with E-state index in [0.29, 0.717) is 21.1 Å². The van der Waals surface area contributed by atoms with Crippen molar-refractivity contribution in [2.24, 2.45) is 0 Å². The van der Waals surface area contributed by atoms with Crippen LogP contribution in [0.5, 0.6) is 0 Å². The lowest BCUT2D eigenvalue weighted by molar-refractivity contribution is 0.589. The largest absolute Gasteiger partial charge is 0.310 e. The molecule has 1 N–H and O–H groups in total. The van der Waals surface area contributed by atoms with Crippen molar-refractivity contribution in [3.8, 4) is 11.1 Å². The minimum Gasteiger partial charge on any atom is -0.310 e. The summed E-state index contributed by atoms with van der Waals surface area (Å²) in [5, 5.41) is 5.47. The van der Waals surface area contributed by atoms with Crippen LogP contribution in [-0.4, -0.2) is 6.04 Å². The third-order valence-electron chi connectivity index (χ3n) is 2.99. The van der Waals surface area contributed by atoms with Crippen molar-refractivity contribution in [3.05, 3.63) is 57.0 Å². The van der Waals surface area contributed by atoms with Gasteiger partial charge in [-0.3, -0.25) is 0 Å². The van der Waals surface area contributed by atoms with Crippen LogP contribution >= 0.6 is 34.8 Å². The van der Waals surface area contributed by atoms with E-state index in [0.717, 1.165) is 23.2 Å². The number of halogens is 3. The molecule has 106 valence electrons. The minimum atomic E-state index is 0.400. The van der Waals surface area contributed by atoms with Crippen LogP contribution in [0.4, 0.5) is 0 Å². The molecule has 0 spiro atoms. The first kappa shape index (κ1) is 15.7. The lowest BCUT2D eigenvalue weighted by Crippen LogP contribution is -2.22. The second-order valence-electron chi connectivity index (χ2n) is 4.96. The second-order valence-corrected chi connectivity index (χ2v) is 6.24. The van der Waals surface area contributed by atoms with Gasteiger partial charge < -0.3 is 5.32 Å². The van der Waals surface area contributed by atoms with Crippen molar-refractivity contribution in [3.63, 3.8) is 0 Å². The summed E-state index contributed by atoms with van der Waals surface area (Å²) in [7, 11) is 0. The van der Waals surface area contributed by atoms with Crippen LogP contribution in [0, 0.1) is 0 Å². The number of rotatable bonds is 4. The molecule has 0 aliphatic heterocycles. The third kappa shape index (κ3) is 3.89. The molecule has 0 radical (unpaired) electrons. The third-order valence-corrected chi connectivity index (χ3v) is 3.79. The summed E-state index contributed by atoms with van der Waals surface area (Å²) in [6.45, 7) is 4.95. The zero-order valence-corrected chi connectivity index (χ0v) is 13.7. The van der Waals surface area contributed by atoms with Crippen LogP contribution in [0.15, 0.2) is 36.4 Å². The van der Waals surface area contributed by atoms with E-state index in [9.17, 15) is 0 Å². The van der Waals surface area contributed by atoms with Gasteiger partial charge in [-0.15, -0.1) is 0 Å². The SMILES string of the molecule is CC(C)NCc1cc(Cl)ccc1-c1cc(Cl)ccc1Cl. The molecule has 2 aromatic carbocycles. The van der Waals surface area contributed by atoms with Gasteiger partial charge >= 0.3 is 0 Å². The lowest BCUT2D eigenvalue weighted by Gasteiger charge is -2.14. The van der Waals surface area contributed by atoms with E-state index in [1.54, 1.807) is 6.07 Å². The molecule has 0 bridgehead atoms. The van der Waals surface area contributed by atoms with Gasteiger partial charge in [-0.2, -0.15) is 0 Å². The number of hydrogen-bond acceptors (Lipinski definition) is 1. The maximum Gasteiger partial charge on any atom is 0.0485 e. The Hall–Kier alpha value is -0.730. The van der Waals surface area contributed by atoms with Crippen molar-refractivity contribution in [1.29, 1.82) is 0 Å². The summed E-state index contributed by atoms with van der Waals surface area (Å²) < 4.78 is 0. The van der Waals surface area contributed by atoms with E-state index in [4.69, 9.17) is 34.8 Å². The first-order valence-corrected chi connectivity index (χ1v) is 7.58. The summed E-state index contributed by atoms with van der Waals surface area (Å²) in [4.78, 5) is 0. The van der Waals surface area contributed by atoms with Gasteiger partial charge in [0.2, 0.25) is 0 Å². The fourth-order valence-corrected chi connectivity index (χ4v) is 2.58. The molecule has 20 heavy (non-hydrogen) atoms. The molecular weight excluding hydrogens is 313 g/mol. The van der Waals surface area contributed by atoms with E-state index in [-0.39, 0.29) is 0 Å². The van der Waals surface area contributed by atoms with Crippen LogP contribution in [0.1, 0.15) is 19.4 Å². The Labute approximate surface area is 134 Å². The molecule has 0 atom stereocenters. The number of hydrogen-bond donors (Lipinski definition) is 1. The maximum atomic E-state index is 6.29. The molecule has 0 amide bonds. The molecule has 2 aromatic rings. The highest BCUT2D eigenvalue weighted by atomic mass is 35.5.